The molecule has 0 atom stereocenters. The Labute approximate surface area is 140 Å². The van der Waals surface area contributed by atoms with Crippen molar-refractivity contribution in [3.05, 3.63) is 0 Å². The Morgan fingerprint density at radius 1 is 0.533 bits per heavy atom. The second-order valence-corrected chi connectivity index (χ2v) is 3.37. The molecule has 0 saturated heterocycles. The van der Waals surface area contributed by atoms with E-state index in [1.165, 1.54) is 0 Å². The van der Waals surface area contributed by atoms with E-state index < -0.39 is 27.2 Å². The minimum atomic E-state index is -5.75. The molecule has 0 spiro atoms. The number of rotatable bonds is 0. The van der Waals surface area contributed by atoms with Crippen molar-refractivity contribution in [2.75, 3.05) is 0 Å². The molecule has 15 heavy (non-hydrogen) atoms. The van der Waals surface area contributed by atoms with E-state index in [0.29, 0.717) is 0 Å². The summed E-state index contributed by atoms with van der Waals surface area (Å²) in [5.74, 6) is 0. The topological polar surface area (TPSA) is 161 Å². The van der Waals surface area contributed by atoms with E-state index in [9.17, 15) is 0 Å². The Hall–Kier alpha value is 2.56. The summed E-state index contributed by atoms with van der Waals surface area (Å²) < 4.78 is 68.8. The number of hydrogen-bond donors (Lipinski definition) is 0. The van der Waals surface area contributed by atoms with E-state index in [2.05, 4.69) is 0 Å². The van der Waals surface area contributed by atoms with Gasteiger partial charge in [-0.1, -0.05) is 0 Å². The van der Waals surface area contributed by atoms with Crippen LogP contribution in [-0.2, 0) is 101 Å². The van der Waals surface area contributed by atoms with E-state index in [4.69, 9.17) is 31.8 Å². The SMILES string of the molecule is [Cl-].[Cl-].[O]=[Cr](=[O])([O-])[O-].[O]=[Cr](=[O])([O-])[O-].[Zn+2].[Zn+2].[Zn+2]. The molecule has 0 aromatic heterocycles. The quantitative estimate of drug-likeness (QED) is 0.297. The van der Waals surface area contributed by atoms with Crippen molar-refractivity contribution >= 4 is 0 Å². The fourth-order valence-electron chi connectivity index (χ4n) is 0. The van der Waals surface area contributed by atoms with E-state index in [1.54, 1.807) is 0 Å². The molecule has 0 unspecified atom stereocenters. The van der Waals surface area contributed by atoms with Gasteiger partial charge in [-0.3, -0.25) is 0 Å². The van der Waals surface area contributed by atoms with Gasteiger partial charge in [-0.25, -0.2) is 0 Å². The van der Waals surface area contributed by atoms with Crippen LogP contribution in [0.3, 0.4) is 0 Å². The molecule has 0 aliphatic heterocycles. The monoisotopic (exact) mass is 494 g/mol. The Morgan fingerprint density at radius 2 is 0.533 bits per heavy atom. The molecule has 8 nitrogen and oxygen atoms in total. The van der Waals surface area contributed by atoms with Crippen molar-refractivity contribution < 1.29 is 142 Å². The molecule has 0 aromatic rings. The van der Waals surface area contributed by atoms with Crippen molar-refractivity contribution in [1.82, 2.24) is 0 Å². The molecule has 0 radical (unpaired) electrons. The second kappa shape index (κ2) is 18.9. The van der Waals surface area contributed by atoms with Crippen LogP contribution in [0.15, 0.2) is 0 Å². The van der Waals surface area contributed by atoms with Crippen LogP contribution in [0.2, 0.25) is 0 Å². The van der Waals surface area contributed by atoms with Crippen molar-refractivity contribution in [2.24, 2.45) is 0 Å². The molecule has 0 N–H and O–H groups in total. The van der Waals surface area contributed by atoms with Crippen LogP contribution in [0.1, 0.15) is 0 Å². The van der Waals surface area contributed by atoms with Gasteiger partial charge in [0.2, 0.25) is 0 Å². The van der Waals surface area contributed by atoms with Crippen LogP contribution in [-0.4, -0.2) is 0 Å². The fraction of sp³-hybridized carbons (Fsp3) is 0. The van der Waals surface area contributed by atoms with Gasteiger partial charge in [-0.15, -0.1) is 0 Å². The summed E-state index contributed by atoms with van der Waals surface area (Å²) in [6.45, 7) is 0. The summed E-state index contributed by atoms with van der Waals surface area (Å²) in [4.78, 5) is 0. The molecule has 0 aromatic carbocycles. The predicted molar refractivity (Wildman–Crippen MR) is 2.75 cm³/mol. The number of halogens is 2. The zero-order chi connectivity index (χ0) is 9.00. The molecule has 0 bridgehead atoms. The molecule has 0 rings (SSSR count). The third-order valence-corrected chi connectivity index (χ3v) is 0. The summed E-state index contributed by atoms with van der Waals surface area (Å²) >= 11 is -11.5. The minimum Gasteiger partial charge on any atom is 2.00 e. The second-order valence-electron chi connectivity index (χ2n) is 0.816. The molecule has 0 saturated carbocycles. The van der Waals surface area contributed by atoms with Crippen LogP contribution in [0.4, 0.5) is 0 Å². The van der Waals surface area contributed by atoms with Gasteiger partial charge in [0, 0.05) is 0 Å². The summed E-state index contributed by atoms with van der Waals surface area (Å²) in [7, 11) is 0. The third-order valence-electron chi connectivity index (χ3n) is 0. The first-order valence-electron chi connectivity index (χ1n) is 1.33. The largest absolute Gasteiger partial charge is 2.00 e. The fourth-order valence-corrected chi connectivity index (χ4v) is 0. The summed E-state index contributed by atoms with van der Waals surface area (Å²) in [5.41, 5.74) is 0. The third kappa shape index (κ3) is 537. The van der Waals surface area contributed by atoms with Gasteiger partial charge >= 0.3 is 118 Å². The Morgan fingerprint density at radius 3 is 0.533 bits per heavy atom. The predicted octanol–water partition coefficient (Wildman–Crippen LogP) is -11.2. The minimum absolute atomic E-state index is 0. The van der Waals surface area contributed by atoms with Gasteiger partial charge in [-0.2, -0.15) is 0 Å². The average Bonchev–Trinajstić information content (AvgIpc) is 1.12. The maximum atomic E-state index is 8.59. The van der Waals surface area contributed by atoms with Crippen molar-refractivity contribution in [3.63, 3.8) is 0 Å². The molecule has 0 aliphatic rings. The molecular formula is Cl2Cr2O8Zn3. The standard InChI is InChI=1S/2ClH.2Cr.8O.3Zn/h2*1H;;;;;;;;;;;;;/q;;;;;;;;4*-1;3*+2/p-2. The maximum Gasteiger partial charge on any atom is 2.00 e. The first kappa shape index (κ1) is 43.2. The summed E-state index contributed by atoms with van der Waals surface area (Å²) in [5, 5.41) is 0. The van der Waals surface area contributed by atoms with Gasteiger partial charge in [0.1, 0.15) is 0 Å². The van der Waals surface area contributed by atoms with Crippen LogP contribution < -0.4 is 41.4 Å². The van der Waals surface area contributed by atoms with Crippen molar-refractivity contribution in [2.45, 2.75) is 0 Å². The molecular weight excluding hydrogens is 499 g/mol. The van der Waals surface area contributed by atoms with E-state index in [0.717, 1.165) is 0 Å². The van der Waals surface area contributed by atoms with Crippen molar-refractivity contribution in [1.29, 1.82) is 0 Å². The normalized spacial score (nSPS) is 7.73. The van der Waals surface area contributed by atoms with E-state index in [-0.39, 0.29) is 83.2 Å². The Bertz CT molecular complexity index is 222. The van der Waals surface area contributed by atoms with Gasteiger partial charge in [0.25, 0.3) is 0 Å². The molecule has 0 amide bonds. The van der Waals surface area contributed by atoms with Crippen LogP contribution in [0.25, 0.3) is 0 Å². The van der Waals surface area contributed by atoms with Gasteiger partial charge in [-0.05, 0) is 0 Å². The summed E-state index contributed by atoms with van der Waals surface area (Å²) in [6, 6.07) is 0. The average molecular weight is 499 g/mol. The maximum absolute atomic E-state index is 8.59. The molecule has 15 heteroatoms. The van der Waals surface area contributed by atoms with Crippen LogP contribution in [0.5, 0.6) is 0 Å². The van der Waals surface area contributed by atoms with E-state index >= 15 is 0 Å². The van der Waals surface area contributed by atoms with Crippen LogP contribution >= 0.6 is 0 Å². The van der Waals surface area contributed by atoms with Gasteiger partial charge in [0.05, 0.1) is 0 Å². The van der Waals surface area contributed by atoms with Crippen LogP contribution in [0, 0.1) is 0 Å². The van der Waals surface area contributed by atoms with E-state index in [1.807, 2.05) is 0 Å². The number of hydrogen-bond acceptors (Lipinski definition) is 8. The first-order valence-corrected chi connectivity index (χ1v) is 5.50. The zero-order valence-electron chi connectivity index (χ0n) is 6.96. The molecule has 80 valence electrons. The summed E-state index contributed by atoms with van der Waals surface area (Å²) in [6.07, 6.45) is 0. The zero-order valence-corrected chi connectivity index (χ0v) is 19.9. The first-order chi connectivity index (χ1) is 4.00. The van der Waals surface area contributed by atoms with Crippen molar-refractivity contribution in [3.8, 4) is 0 Å². The van der Waals surface area contributed by atoms with Gasteiger partial charge in [0.15, 0.2) is 0 Å². The molecule has 0 aliphatic carbocycles. The molecule has 0 fully saturated rings. The Kier molecular flexibility index (Phi) is 54.4. The smallest absolute Gasteiger partial charge is 2.00 e. The Balaban J connectivity index is -0.0000000128. The van der Waals surface area contributed by atoms with Gasteiger partial charge < -0.3 is 24.8 Å². The molecule has 0 heterocycles.